The minimum atomic E-state index is 0.106. The zero-order valence-electron chi connectivity index (χ0n) is 12.2. The number of anilines is 2. The van der Waals surface area contributed by atoms with Crippen LogP contribution in [0.3, 0.4) is 0 Å². The number of carbonyl (C=O) groups excluding carboxylic acids is 1. The Bertz CT molecular complexity index is 552. The van der Waals surface area contributed by atoms with Crippen LogP contribution in [0.4, 0.5) is 10.7 Å². The third-order valence-electron chi connectivity index (χ3n) is 3.79. The lowest BCUT2D eigenvalue weighted by Crippen LogP contribution is -2.24. The standard InChI is InChI=1S/C15H21N3OS/c1-4-11(8(2)3)18-15-10(7-16)12(17)14(20-15)13(19)9-5-6-9/h8-9,11,18H,4-6,17H2,1-3H3. The molecule has 1 aliphatic carbocycles. The van der Waals surface area contributed by atoms with E-state index in [-0.39, 0.29) is 17.7 Å². The molecule has 0 saturated heterocycles. The highest BCUT2D eigenvalue weighted by molar-refractivity contribution is 7.19. The first-order chi connectivity index (χ1) is 9.49. The molecule has 1 aromatic rings. The van der Waals surface area contributed by atoms with Gasteiger partial charge in [-0.2, -0.15) is 5.26 Å². The summed E-state index contributed by atoms with van der Waals surface area (Å²) in [6.45, 7) is 6.39. The summed E-state index contributed by atoms with van der Waals surface area (Å²) < 4.78 is 0. The number of rotatable bonds is 6. The van der Waals surface area contributed by atoms with Crippen LogP contribution in [0.25, 0.3) is 0 Å². The number of hydrogen-bond donors (Lipinski definition) is 2. The van der Waals surface area contributed by atoms with Crippen molar-refractivity contribution < 1.29 is 4.79 Å². The van der Waals surface area contributed by atoms with Gasteiger partial charge in [-0.25, -0.2) is 0 Å². The molecule has 5 heteroatoms. The van der Waals surface area contributed by atoms with Gasteiger partial charge in [0.1, 0.15) is 16.6 Å². The van der Waals surface area contributed by atoms with Gasteiger partial charge in [-0.05, 0) is 25.2 Å². The molecule has 4 nitrogen and oxygen atoms in total. The number of nitrogen functional groups attached to an aromatic ring is 1. The molecule has 0 bridgehead atoms. The molecule has 1 saturated carbocycles. The molecule has 0 spiro atoms. The first-order valence-corrected chi connectivity index (χ1v) is 7.94. The third-order valence-corrected chi connectivity index (χ3v) is 4.94. The van der Waals surface area contributed by atoms with Crippen molar-refractivity contribution in [2.24, 2.45) is 11.8 Å². The monoisotopic (exact) mass is 291 g/mol. The van der Waals surface area contributed by atoms with Crippen molar-refractivity contribution in [3.63, 3.8) is 0 Å². The maximum Gasteiger partial charge on any atom is 0.178 e. The number of Topliss-reactive ketones (excluding diaryl/α,β-unsaturated/α-hetero) is 1. The molecule has 0 aromatic carbocycles. The SMILES string of the molecule is CCC(Nc1sc(C(=O)C2CC2)c(N)c1C#N)C(C)C. The van der Waals surface area contributed by atoms with Gasteiger partial charge in [0.05, 0.1) is 10.6 Å². The van der Waals surface area contributed by atoms with Crippen molar-refractivity contribution >= 4 is 27.8 Å². The fourth-order valence-electron chi connectivity index (χ4n) is 2.28. The van der Waals surface area contributed by atoms with Crippen LogP contribution in [0.5, 0.6) is 0 Å². The highest BCUT2D eigenvalue weighted by atomic mass is 32.1. The summed E-state index contributed by atoms with van der Waals surface area (Å²) >= 11 is 1.34. The Hall–Kier alpha value is -1.54. The normalized spacial score (nSPS) is 15.9. The van der Waals surface area contributed by atoms with Crippen LogP contribution in [0.1, 0.15) is 55.3 Å². The number of hydrogen-bond acceptors (Lipinski definition) is 5. The fraction of sp³-hybridized carbons (Fsp3) is 0.600. The van der Waals surface area contributed by atoms with E-state index in [9.17, 15) is 10.1 Å². The van der Waals surface area contributed by atoms with Crippen LogP contribution in [0, 0.1) is 23.2 Å². The number of nitrogens with one attached hydrogen (secondary N) is 1. The largest absolute Gasteiger partial charge is 0.396 e. The van der Waals surface area contributed by atoms with Gasteiger partial charge >= 0.3 is 0 Å². The van der Waals surface area contributed by atoms with Crippen molar-refractivity contribution in [1.29, 1.82) is 5.26 Å². The maximum atomic E-state index is 12.2. The van der Waals surface area contributed by atoms with Crippen molar-refractivity contribution in [3.8, 4) is 6.07 Å². The highest BCUT2D eigenvalue weighted by Crippen LogP contribution is 2.41. The molecular formula is C15H21N3OS. The Morgan fingerprint density at radius 2 is 2.20 bits per heavy atom. The van der Waals surface area contributed by atoms with Crippen LogP contribution in [-0.2, 0) is 0 Å². The summed E-state index contributed by atoms with van der Waals surface area (Å²) in [6.07, 6.45) is 2.86. The summed E-state index contributed by atoms with van der Waals surface area (Å²) in [5.41, 5.74) is 6.79. The fourth-order valence-corrected chi connectivity index (χ4v) is 3.43. The molecule has 0 amide bonds. The van der Waals surface area contributed by atoms with Gasteiger partial charge in [-0.15, -0.1) is 11.3 Å². The van der Waals surface area contributed by atoms with E-state index in [2.05, 4.69) is 32.2 Å². The van der Waals surface area contributed by atoms with E-state index in [0.29, 0.717) is 22.0 Å². The van der Waals surface area contributed by atoms with E-state index < -0.39 is 0 Å². The summed E-state index contributed by atoms with van der Waals surface area (Å²) in [5, 5.41) is 13.4. The van der Waals surface area contributed by atoms with Crippen LogP contribution < -0.4 is 11.1 Å². The third kappa shape index (κ3) is 2.80. The van der Waals surface area contributed by atoms with Crippen LogP contribution in [-0.4, -0.2) is 11.8 Å². The molecule has 20 heavy (non-hydrogen) atoms. The average molecular weight is 291 g/mol. The first-order valence-electron chi connectivity index (χ1n) is 7.12. The molecule has 3 N–H and O–H groups in total. The molecule has 1 heterocycles. The van der Waals surface area contributed by atoms with Gasteiger partial charge in [-0.3, -0.25) is 4.79 Å². The van der Waals surface area contributed by atoms with Gasteiger partial charge in [-0.1, -0.05) is 20.8 Å². The maximum absolute atomic E-state index is 12.2. The lowest BCUT2D eigenvalue weighted by Gasteiger charge is -2.21. The van der Waals surface area contributed by atoms with Crippen molar-refractivity contribution in [2.45, 2.75) is 46.1 Å². The quantitative estimate of drug-likeness (QED) is 0.784. The Morgan fingerprint density at radius 1 is 1.55 bits per heavy atom. The van der Waals surface area contributed by atoms with Gasteiger partial charge < -0.3 is 11.1 Å². The molecule has 1 fully saturated rings. The molecule has 1 aromatic heterocycles. The Kier molecular flexibility index (Phi) is 4.34. The molecular weight excluding hydrogens is 270 g/mol. The van der Waals surface area contributed by atoms with E-state index in [1.165, 1.54) is 11.3 Å². The van der Waals surface area contributed by atoms with Gasteiger partial charge in [0.2, 0.25) is 0 Å². The van der Waals surface area contributed by atoms with Gasteiger partial charge in [0, 0.05) is 12.0 Å². The first kappa shape index (κ1) is 14.9. The number of nitriles is 1. The number of ketones is 1. The van der Waals surface area contributed by atoms with Crippen LogP contribution >= 0.6 is 11.3 Å². The van der Waals surface area contributed by atoms with Gasteiger partial charge in [0.25, 0.3) is 0 Å². The summed E-state index contributed by atoms with van der Waals surface area (Å²) in [6, 6.07) is 2.42. The van der Waals surface area contributed by atoms with E-state index in [1.807, 2.05) is 0 Å². The zero-order valence-corrected chi connectivity index (χ0v) is 13.0. The Labute approximate surface area is 124 Å². The minimum absolute atomic E-state index is 0.106. The molecule has 0 aliphatic heterocycles. The van der Waals surface area contributed by atoms with E-state index >= 15 is 0 Å². The number of thiophene rings is 1. The topological polar surface area (TPSA) is 78.9 Å². The number of nitrogens with zero attached hydrogens (tertiary/aromatic N) is 1. The van der Waals surface area contributed by atoms with E-state index in [1.54, 1.807) is 0 Å². The molecule has 1 aliphatic rings. The summed E-state index contributed by atoms with van der Waals surface area (Å²) in [5.74, 6) is 0.689. The highest BCUT2D eigenvalue weighted by Gasteiger charge is 2.34. The van der Waals surface area contributed by atoms with Crippen LogP contribution in [0.2, 0.25) is 0 Å². The molecule has 108 valence electrons. The number of carbonyl (C=O) groups is 1. The predicted molar refractivity (Wildman–Crippen MR) is 83.0 cm³/mol. The van der Waals surface area contributed by atoms with Crippen molar-refractivity contribution in [1.82, 2.24) is 0 Å². The summed E-state index contributed by atoms with van der Waals surface area (Å²) in [4.78, 5) is 12.8. The smallest absolute Gasteiger partial charge is 0.178 e. The lowest BCUT2D eigenvalue weighted by molar-refractivity contribution is 0.0972. The second-order valence-electron chi connectivity index (χ2n) is 5.70. The Balaban J connectivity index is 2.31. The molecule has 1 unspecified atom stereocenters. The second kappa shape index (κ2) is 5.84. The van der Waals surface area contributed by atoms with E-state index in [4.69, 9.17) is 5.73 Å². The van der Waals surface area contributed by atoms with Gasteiger partial charge in [0.15, 0.2) is 5.78 Å². The number of nitrogens with two attached hydrogens (primary N) is 1. The molecule has 1 atom stereocenters. The predicted octanol–water partition coefficient (Wildman–Crippen LogP) is 3.64. The van der Waals surface area contributed by atoms with Crippen molar-refractivity contribution in [2.75, 3.05) is 11.1 Å². The average Bonchev–Trinajstić information content (AvgIpc) is 3.20. The Morgan fingerprint density at radius 3 is 2.65 bits per heavy atom. The van der Waals surface area contributed by atoms with E-state index in [0.717, 1.165) is 24.3 Å². The van der Waals surface area contributed by atoms with Crippen molar-refractivity contribution in [3.05, 3.63) is 10.4 Å². The minimum Gasteiger partial charge on any atom is -0.396 e. The summed E-state index contributed by atoms with van der Waals surface area (Å²) in [7, 11) is 0. The molecule has 2 rings (SSSR count). The second-order valence-corrected chi connectivity index (χ2v) is 6.72. The van der Waals surface area contributed by atoms with Crippen LogP contribution in [0.15, 0.2) is 0 Å². The lowest BCUT2D eigenvalue weighted by atomic mass is 10.0. The molecule has 0 radical (unpaired) electrons. The zero-order chi connectivity index (χ0) is 14.9.